The van der Waals surface area contributed by atoms with Crippen molar-refractivity contribution in [3.8, 4) is 0 Å². The van der Waals surface area contributed by atoms with Crippen LogP contribution in [0.5, 0.6) is 0 Å². The second-order valence-electron chi connectivity index (χ2n) is 7.27. The van der Waals surface area contributed by atoms with E-state index in [-0.39, 0.29) is 18.4 Å². The van der Waals surface area contributed by atoms with Gasteiger partial charge in [0.1, 0.15) is 0 Å². The zero-order valence-electron chi connectivity index (χ0n) is 15.0. The van der Waals surface area contributed by atoms with Crippen molar-refractivity contribution < 1.29 is 9.59 Å². The fraction of sp³-hybridized carbons (Fsp3) is 0.429. The first-order valence-electron chi connectivity index (χ1n) is 9.49. The lowest BCUT2D eigenvalue weighted by atomic mass is 10.1. The van der Waals surface area contributed by atoms with Gasteiger partial charge in [0.05, 0.1) is 6.54 Å². The fourth-order valence-corrected chi connectivity index (χ4v) is 4.13. The molecule has 136 valence electrons. The summed E-state index contributed by atoms with van der Waals surface area (Å²) in [5, 5.41) is 4.93. The summed E-state index contributed by atoms with van der Waals surface area (Å²) in [4.78, 5) is 29.4. The molecule has 2 amide bonds. The van der Waals surface area contributed by atoms with Crippen LogP contribution in [0.2, 0.25) is 0 Å². The molecule has 2 aliphatic rings. The van der Waals surface area contributed by atoms with Crippen LogP contribution in [0.1, 0.15) is 29.6 Å². The summed E-state index contributed by atoms with van der Waals surface area (Å²) in [6.45, 7) is 3.89. The Morgan fingerprint density at radius 3 is 2.69 bits per heavy atom. The van der Waals surface area contributed by atoms with Crippen LogP contribution in [-0.2, 0) is 4.79 Å². The van der Waals surface area contributed by atoms with Crippen molar-refractivity contribution in [1.82, 2.24) is 15.1 Å². The third-order valence-corrected chi connectivity index (χ3v) is 5.57. The highest BCUT2D eigenvalue weighted by atomic mass is 16.2. The second-order valence-corrected chi connectivity index (χ2v) is 7.27. The largest absolute Gasteiger partial charge is 0.343 e. The number of benzene rings is 2. The van der Waals surface area contributed by atoms with Crippen LogP contribution in [0, 0.1) is 0 Å². The maximum Gasteiger partial charge on any atom is 0.251 e. The highest BCUT2D eigenvalue weighted by Crippen LogP contribution is 2.21. The Morgan fingerprint density at radius 2 is 1.81 bits per heavy atom. The van der Waals surface area contributed by atoms with E-state index in [4.69, 9.17) is 0 Å². The normalized spacial score (nSPS) is 20.6. The number of nitrogens with zero attached hydrogens (tertiary/aromatic N) is 2. The quantitative estimate of drug-likeness (QED) is 0.923. The van der Waals surface area contributed by atoms with Gasteiger partial charge in [-0.05, 0) is 48.7 Å². The van der Waals surface area contributed by atoms with E-state index >= 15 is 0 Å². The minimum atomic E-state index is -0.193. The van der Waals surface area contributed by atoms with E-state index in [1.165, 1.54) is 12.8 Å². The number of hydrogen-bond acceptors (Lipinski definition) is 3. The number of carbonyl (C=O) groups excluding carboxylic acids is 2. The summed E-state index contributed by atoms with van der Waals surface area (Å²) in [5.74, 6) is -0.172. The van der Waals surface area contributed by atoms with E-state index in [9.17, 15) is 9.59 Å². The molecular formula is C21H25N3O2. The topological polar surface area (TPSA) is 52.7 Å². The zero-order chi connectivity index (χ0) is 17.9. The molecule has 2 aliphatic heterocycles. The minimum absolute atomic E-state index is 0.0212. The third kappa shape index (κ3) is 3.58. The minimum Gasteiger partial charge on any atom is -0.343 e. The molecule has 0 radical (unpaired) electrons. The molecule has 26 heavy (non-hydrogen) atoms. The summed E-state index contributed by atoms with van der Waals surface area (Å²) >= 11 is 0. The van der Waals surface area contributed by atoms with Crippen LogP contribution in [0.25, 0.3) is 10.8 Å². The SMILES string of the molecule is O=C(NCC(=O)N1CCCN2CCC[C@@H]2C1)c1ccc2ccccc2c1. The molecule has 0 saturated carbocycles. The Morgan fingerprint density at radius 1 is 1.00 bits per heavy atom. The van der Waals surface area contributed by atoms with Gasteiger partial charge in [0.15, 0.2) is 0 Å². The molecule has 0 aromatic heterocycles. The van der Waals surface area contributed by atoms with Crippen molar-refractivity contribution in [1.29, 1.82) is 0 Å². The molecule has 0 bridgehead atoms. The summed E-state index contributed by atoms with van der Waals surface area (Å²) in [6.07, 6.45) is 3.42. The number of fused-ring (bicyclic) bond motifs is 2. The molecule has 1 atom stereocenters. The standard InChI is InChI=1S/C21H25N3O2/c25-20(24-12-4-11-23-10-3-7-19(23)15-24)14-22-21(26)18-9-8-16-5-1-2-6-17(16)13-18/h1-2,5-6,8-9,13,19H,3-4,7,10-12,14-15H2,(H,22,26)/t19-/m1/s1. The van der Waals surface area contributed by atoms with Crippen LogP contribution in [0.4, 0.5) is 0 Å². The van der Waals surface area contributed by atoms with Gasteiger partial charge in [-0.1, -0.05) is 30.3 Å². The van der Waals surface area contributed by atoms with Crippen molar-refractivity contribution >= 4 is 22.6 Å². The molecule has 2 heterocycles. The number of rotatable bonds is 3. The number of hydrogen-bond donors (Lipinski definition) is 1. The maximum absolute atomic E-state index is 12.6. The lowest BCUT2D eigenvalue weighted by molar-refractivity contribution is -0.130. The molecule has 5 heteroatoms. The van der Waals surface area contributed by atoms with Crippen LogP contribution in [0.3, 0.4) is 0 Å². The van der Waals surface area contributed by atoms with E-state index in [0.717, 1.165) is 43.4 Å². The highest BCUT2D eigenvalue weighted by Gasteiger charge is 2.30. The number of amides is 2. The van der Waals surface area contributed by atoms with Crippen molar-refractivity contribution in [3.63, 3.8) is 0 Å². The smallest absolute Gasteiger partial charge is 0.251 e. The van der Waals surface area contributed by atoms with Crippen LogP contribution in [-0.4, -0.2) is 60.4 Å². The first-order valence-corrected chi connectivity index (χ1v) is 9.49. The molecular weight excluding hydrogens is 326 g/mol. The van der Waals surface area contributed by atoms with Gasteiger partial charge in [-0.3, -0.25) is 14.5 Å². The van der Waals surface area contributed by atoms with Gasteiger partial charge in [0, 0.05) is 31.2 Å². The van der Waals surface area contributed by atoms with E-state index in [2.05, 4.69) is 10.2 Å². The van der Waals surface area contributed by atoms with Crippen molar-refractivity contribution in [2.75, 3.05) is 32.7 Å². The first kappa shape index (κ1) is 17.0. The third-order valence-electron chi connectivity index (χ3n) is 5.57. The zero-order valence-corrected chi connectivity index (χ0v) is 15.0. The van der Waals surface area contributed by atoms with E-state index < -0.39 is 0 Å². The molecule has 2 saturated heterocycles. The Balaban J connectivity index is 1.36. The summed E-state index contributed by atoms with van der Waals surface area (Å²) < 4.78 is 0. The van der Waals surface area contributed by atoms with Gasteiger partial charge in [-0.2, -0.15) is 0 Å². The molecule has 0 aliphatic carbocycles. The van der Waals surface area contributed by atoms with Crippen molar-refractivity contribution in [2.24, 2.45) is 0 Å². The predicted octanol–water partition coefficient (Wildman–Crippen LogP) is 2.27. The number of carbonyl (C=O) groups is 2. The predicted molar refractivity (Wildman–Crippen MR) is 102 cm³/mol. The molecule has 1 N–H and O–H groups in total. The van der Waals surface area contributed by atoms with Gasteiger partial charge in [0.25, 0.3) is 5.91 Å². The second kappa shape index (κ2) is 7.46. The van der Waals surface area contributed by atoms with Gasteiger partial charge in [0.2, 0.25) is 5.91 Å². The van der Waals surface area contributed by atoms with Gasteiger partial charge in [-0.25, -0.2) is 0 Å². The Labute approximate surface area is 154 Å². The molecule has 0 spiro atoms. The van der Waals surface area contributed by atoms with Gasteiger partial charge >= 0.3 is 0 Å². The van der Waals surface area contributed by atoms with Crippen LogP contribution >= 0.6 is 0 Å². The van der Waals surface area contributed by atoms with Crippen LogP contribution < -0.4 is 5.32 Å². The molecule has 5 nitrogen and oxygen atoms in total. The van der Waals surface area contributed by atoms with Crippen LogP contribution in [0.15, 0.2) is 42.5 Å². The average molecular weight is 351 g/mol. The Kier molecular flexibility index (Phi) is 4.89. The van der Waals surface area contributed by atoms with Gasteiger partial charge < -0.3 is 10.2 Å². The van der Waals surface area contributed by atoms with E-state index in [1.54, 1.807) is 0 Å². The highest BCUT2D eigenvalue weighted by molar-refractivity contribution is 6.00. The molecule has 2 aromatic carbocycles. The Bertz CT molecular complexity index is 820. The van der Waals surface area contributed by atoms with E-state index in [0.29, 0.717) is 11.6 Å². The average Bonchev–Trinajstić information content (AvgIpc) is 3.02. The lowest BCUT2D eigenvalue weighted by Crippen LogP contribution is -2.44. The lowest BCUT2D eigenvalue weighted by Gasteiger charge is -2.25. The maximum atomic E-state index is 12.6. The number of nitrogens with one attached hydrogen (secondary N) is 1. The monoisotopic (exact) mass is 351 g/mol. The van der Waals surface area contributed by atoms with E-state index in [1.807, 2.05) is 47.4 Å². The van der Waals surface area contributed by atoms with Crippen molar-refractivity contribution in [3.05, 3.63) is 48.0 Å². The molecule has 0 unspecified atom stereocenters. The summed E-state index contributed by atoms with van der Waals surface area (Å²) in [6, 6.07) is 14.1. The first-order chi connectivity index (χ1) is 12.7. The molecule has 4 rings (SSSR count). The fourth-order valence-electron chi connectivity index (χ4n) is 4.13. The molecule has 2 aromatic rings. The van der Waals surface area contributed by atoms with Gasteiger partial charge in [-0.15, -0.1) is 0 Å². The van der Waals surface area contributed by atoms with Crippen molar-refractivity contribution in [2.45, 2.75) is 25.3 Å². The Hall–Kier alpha value is -2.40. The summed E-state index contributed by atoms with van der Waals surface area (Å²) in [5.41, 5.74) is 0.592. The summed E-state index contributed by atoms with van der Waals surface area (Å²) in [7, 11) is 0. The molecule has 2 fully saturated rings.